The Hall–Kier alpha value is -1.90. The highest BCUT2D eigenvalue weighted by Gasteiger charge is 2.10. The van der Waals surface area contributed by atoms with Crippen LogP contribution in [0.15, 0.2) is 36.4 Å². The van der Waals surface area contributed by atoms with E-state index in [2.05, 4.69) is 13.8 Å². The summed E-state index contributed by atoms with van der Waals surface area (Å²) in [6.45, 7) is 4.18. The Morgan fingerprint density at radius 2 is 1.94 bits per heavy atom. The molecule has 0 N–H and O–H groups in total. The Balaban J connectivity index is 2.73. The van der Waals surface area contributed by atoms with Crippen molar-refractivity contribution in [1.82, 2.24) is 0 Å². The average Bonchev–Trinajstić information content (AvgIpc) is 2.27. The number of hydrogen-bond donors (Lipinski definition) is 0. The Kier molecular flexibility index (Phi) is 2.60. The van der Waals surface area contributed by atoms with Crippen molar-refractivity contribution in [2.24, 2.45) is 0 Å². The van der Waals surface area contributed by atoms with E-state index in [0.29, 0.717) is 5.92 Å². The Labute approximate surface area is 93.9 Å². The van der Waals surface area contributed by atoms with Gasteiger partial charge in [0, 0.05) is 12.1 Å². The smallest absolute Gasteiger partial charge is 0.258 e. The van der Waals surface area contributed by atoms with E-state index < -0.39 is 0 Å². The zero-order valence-electron chi connectivity index (χ0n) is 9.31. The largest absolute Gasteiger partial charge is 0.270 e. The minimum atomic E-state index is -0.351. The second kappa shape index (κ2) is 3.93. The van der Waals surface area contributed by atoms with E-state index in [1.165, 1.54) is 0 Å². The molecule has 0 heterocycles. The van der Waals surface area contributed by atoms with Crippen molar-refractivity contribution in [2.75, 3.05) is 0 Å². The summed E-state index contributed by atoms with van der Waals surface area (Å²) in [6.07, 6.45) is 0. The standard InChI is InChI=1S/C13H13NO2/c1-9(2)12-5-3-4-10-6-7-11(14(15)16)8-13(10)12/h3-9H,1-2H3. The molecule has 2 rings (SSSR count). The summed E-state index contributed by atoms with van der Waals surface area (Å²) in [5, 5.41) is 12.8. The number of non-ortho nitro benzene ring substituents is 1. The van der Waals surface area contributed by atoms with Crippen molar-refractivity contribution in [3.05, 3.63) is 52.1 Å². The van der Waals surface area contributed by atoms with Crippen LogP contribution in [0.3, 0.4) is 0 Å². The predicted molar refractivity (Wildman–Crippen MR) is 64.7 cm³/mol. The van der Waals surface area contributed by atoms with Crippen LogP contribution in [-0.2, 0) is 0 Å². The van der Waals surface area contributed by atoms with Gasteiger partial charge in [0.2, 0.25) is 0 Å². The van der Waals surface area contributed by atoms with Crippen LogP contribution in [0.4, 0.5) is 5.69 Å². The van der Waals surface area contributed by atoms with Gasteiger partial charge in [-0.05, 0) is 28.3 Å². The number of nitro groups is 1. The molecule has 82 valence electrons. The summed E-state index contributed by atoms with van der Waals surface area (Å²) in [7, 11) is 0. The quantitative estimate of drug-likeness (QED) is 0.563. The third-order valence-electron chi connectivity index (χ3n) is 2.73. The fourth-order valence-electron chi connectivity index (χ4n) is 1.90. The van der Waals surface area contributed by atoms with Gasteiger partial charge in [0.05, 0.1) is 4.92 Å². The zero-order chi connectivity index (χ0) is 11.7. The van der Waals surface area contributed by atoms with Crippen LogP contribution < -0.4 is 0 Å². The molecule has 0 bridgehead atoms. The molecule has 0 atom stereocenters. The highest BCUT2D eigenvalue weighted by Crippen LogP contribution is 2.28. The van der Waals surface area contributed by atoms with Crippen molar-refractivity contribution >= 4 is 16.5 Å². The lowest BCUT2D eigenvalue weighted by Crippen LogP contribution is -1.92. The second-order valence-corrected chi connectivity index (χ2v) is 4.16. The van der Waals surface area contributed by atoms with Gasteiger partial charge in [-0.1, -0.05) is 32.0 Å². The van der Waals surface area contributed by atoms with Crippen molar-refractivity contribution in [1.29, 1.82) is 0 Å². The number of rotatable bonds is 2. The molecule has 0 amide bonds. The van der Waals surface area contributed by atoms with Crippen LogP contribution in [0, 0.1) is 10.1 Å². The van der Waals surface area contributed by atoms with Gasteiger partial charge in [0.25, 0.3) is 5.69 Å². The molecule has 0 spiro atoms. The van der Waals surface area contributed by atoms with Crippen LogP contribution in [0.2, 0.25) is 0 Å². The number of nitro benzene ring substituents is 1. The van der Waals surface area contributed by atoms with Crippen molar-refractivity contribution < 1.29 is 4.92 Å². The van der Waals surface area contributed by atoms with Crippen molar-refractivity contribution in [3.8, 4) is 0 Å². The molecule has 3 heteroatoms. The number of benzene rings is 2. The first-order valence-electron chi connectivity index (χ1n) is 5.26. The molecule has 0 aliphatic rings. The lowest BCUT2D eigenvalue weighted by Gasteiger charge is -2.09. The summed E-state index contributed by atoms with van der Waals surface area (Å²) in [4.78, 5) is 10.4. The summed E-state index contributed by atoms with van der Waals surface area (Å²) in [5.41, 5.74) is 1.31. The third-order valence-corrected chi connectivity index (χ3v) is 2.73. The number of fused-ring (bicyclic) bond motifs is 1. The molecule has 0 aromatic heterocycles. The van der Waals surface area contributed by atoms with E-state index in [0.717, 1.165) is 16.3 Å². The predicted octanol–water partition coefficient (Wildman–Crippen LogP) is 3.87. The molecule has 0 aliphatic heterocycles. The van der Waals surface area contributed by atoms with Crippen LogP contribution in [0.25, 0.3) is 10.8 Å². The van der Waals surface area contributed by atoms with Crippen LogP contribution in [-0.4, -0.2) is 4.92 Å². The van der Waals surface area contributed by atoms with Crippen molar-refractivity contribution in [3.63, 3.8) is 0 Å². The first kappa shape index (κ1) is 10.6. The molecule has 0 saturated carbocycles. The van der Waals surface area contributed by atoms with Crippen molar-refractivity contribution in [2.45, 2.75) is 19.8 Å². The SMILES string of the molecule is CC(C)c1cccc2ccc([N+](=O)[O-])cc12. The van der Waals surface area contributed by atoms with Gasteiger partial charge >= 0.3 is 0 Å². The average molecular weight is 215 g/mol. The molecule has 0 fully saturated rings. The molecule has 2 aromatic carbocycles. The van der Waals surface area contributed by atoms with Gasteiger partial charge in [0.15, 0.2) is 0 Å². The van der Waals surface area contributed by atoms with E-state index in [-0.39, 0.29) is 10.6 Å². The van der Waals surface area contributed by atoms with Gasteiger partial charge < -0.3 is 0 Å². The molecule has 0 aliphatic carbocycles. The summed E-state index contributed by atoms with van der Waals surface area (Å²) in [6, 6.07) is 11.0. The molecule has 3 nitrogen and oxygen atoms in total. The maximum atomic E-state index is 10.7. The first-order valence-corrected chi connectivity index (χ1v) is 5.26. The van der Waals surface area contributed by atoms with Gasteiger partial charge in [0.1, 0.15) is 0 Å². The fourth-order valence-corrected chi connectivity index (χ4v) is 1.90. The Morgan fingerprint density at radius 3 is 2.56 bits per heavy atom. The highest BCUT2D eigenvalue weighted by atomic mass is 16.6. The fraction of sp³-hybridized carbons (Fsp3) is 0.231. The van der Waals surface area contributed by atoms with Crippen LogP contribution in [0.5, 0.6) is 0 Å². The Morgan fingerprint density at radius 1 is 1.19 bits per heavy atom. The minimum absolute atomic E-state index is 0.153. The lowest BCUT2D eigenvalue weighted by molar-refractivity contribution is -0.384. The van der Waals surface area contributed by atoms with E-state index in [4.69, 9.17) is 0 Å². The van der Waals surface area contributed by atoms with Gasteiger partial charge in [-0.25, -0.2) is 0 Å². The summed E-state index contributed by atoms with van der Waals surface area (Å²) >= 11 is 0. The van der Waals surface area contributed by atoms with E-state index in [1.54, 1.807) is 18.2 Å². The topological polar surface area (TPSA) is 43.1 Å². The van der Waals surface area contributed by atoms with E-state index in [1.807, 2.05) is 18.2 Å². The molecule has 2 aromatic rings. The zero-order valence-corrected chi connectivity index (χ0v) is 9.31. The van der Waals surface area contributed by atoms with Gasteiger partial charge in [-0.3, -0.25) is 10.1 Å². The van der Waals surface area contributed by atoms with E-state index >= 15 is 0 Å². The monoisotopic (exact) mass is 215 g/mol. The molecule has 16 heavy (non-hydrogen) atoms. The minimum Gasteiger partial charge on any atom is -0.258 e. The maximum absolute atomic E-state index is 10.7. The van der Waals surface area contributed by atoms with Crippen LogP contribution >= 0.6 is 0 Å². The van der Waals surface area contributed by atoms with Gasteiger partial charge in [-0.2, -0.15) is 0 Å². The molecule has 0 unspecified atom stereocenters. The van der Waals surface area contributed by atoms with Gasteiger partial charge in [-0.15, -0.1) is 0 Å². The first-order chi connectivity index (χ1) is 7.59. The number of nitrogens with zero attached hydrogens (tertiary/aromatic N) is 1. The summed E-state index contributed by atoms with van der Waals surface area (Å²) in [5.74, 6) is 0.366. The highest BCUT2D eigenvalue weighted by molar-refractivity contribution is 5.88. The molecule has 0 saturated heterocycles. The normalized spacial score (nSPS) is 10.9. The molecule has 0 radical (unpaired) electrons. The summed E-state index contributed by atoms with van der Waals surface area (Å²) < 4.78 is 0. The van der Waals surface area contributed by atoms with Crippen LogP contribution in [0.1, 0.15) is 25.3 Å². The third kappa shape index (κ3) is 1.76. The maximum Gasteiger partial charge on any atom is 0.270 e. The molecular weight excluding hydrogens is 202 g/mol. The second-order valence-electron chi connectivity index (χ2n) is 4.16. The number of hydrogen-bond acceptors (Lipinski definition) is 2. The van der Waals surface area contributed by atoms with E-state index in [9.17, 15) is 10.1 Å². The Bertz CT molecular complexity index is 547. The lowest BCUT2D eigenvalue weighted by atomic mass is 9.96. The molecular formula is C13H13NO2.